The maximum Gasteiger partial charge on any atom is 0.340 e. The highest BCUT2D eigenvalue weighted by Gasteiger charge is 2.20. The van der Waals surface area contributed by atoms with Crippen LogP contribution in [0.15, 0.2) is 91.3 Å². The van der Waals surface area contributed by atoms with Gasteiger partial charge in [-0.2, -0.15) is 0 Å². The van der Waals surface area contributed by atoms with Crippen LogP contribution in [0.3, 0.4) is 0 Å². The van der Waals surface area contributed by atoms with Crippen LogP contribution in [0.4, 0.5) is 0 Å². The second-order valence-corrected chi connectivity index (χ2v) is 6.66. The molecular weight excluding hydrogens is 362 g/mol. The standard InChI is InChI=1S/C24H17N3O2/c28-23(29-16-17-8-2-1-3-9-17)20-12-6-11-19-18-10-4-5-13-21(18)27(22(19)20)24-25-14-7-15-26-24/h1-15H,16H2. The molecule has 0 saturated carbocycles. The lowest BCUT2D eigenvalue weighted by atomic mass is 10.1. The molecule has 2 aromatic heterocycles. The van der Waals surface area contributed by atoms with Gasteiger partial charge >= 0.3 is 5.97 Å². The van der Waals surface area contributed by atoms with Crippen LogP contribution in [0.2, 0.25) is 0 Å². The monoisotopic (exact) mass is 379 g/mol. The Kier molecular flexibility index (Phi) is 4.26. The van der Waals surface area contributed by atoms with Crippen LogP contribution in [-0.4, -0.2) is 20.5 Å². The van der Waals surface area contributed by atoms with Gasteiger partial charge in [0.1, 0.15) is 6.61 Å². The van der Waals surface area contributed by atoms with Gasteiger partial charge < -0.3 is 4.74 Å². The Morgan fingerprint density at radius 3 is 2.34 bits per heavy atom. The van der Waals surface area contributed by atoms with Crippen molar-refractivity contribution in [3.63, 3.8) is 0 Å². The van der Waals surface area contributed by atoms with Gasteiger partial charge in [0.05, 0.1) is 16.6 Å². The molecule has 0 aliphatic heterocycles. The van der Waals surface area contributed by atoms with E-state index < -0.39 is 0 Å². The summed E-state index contributed by atoms with van der Waals surface area (Å²) in [5, 5.41) is 2.00. The molecule has 5 nitrogen and oxygen atoms in total. The number of rotatable bonds is 4. The van der Waals surface area contributed by atoms with E-state index in [-0.39, 0.29) is 12.6 Å². The summed E-state index contributed by atoms with van der Waals surface area (Å²) in [5.74, 6) is 0.140. The average molecular weight is 379 g/mol. The van der Waals surface area contributed by atoms with Crippen molar-refractivity contribution in [1.82, 2.24) is 14.5 Å². The molecule has 0 radical (unpaired) electrons. The molecule has 0 aliphatic carbocycles. The van der Waals surface area contributed by atoms with E-state index in [1.807, 2.05) is 71.3 Å². The first-order chi connectivity index (χ1) is 14.3. The summed E-state index contributed by atoms with van der Waals surface area (Å²) in [4.78, 5) is 21.8. The molecule has 0 bridgehead atoms. The fraction of sp³-hybridized carbons (Fsp3) is 0.0417. The van der Waals surface area contributed by atoms with Crippen LogP contribution >= 0.6 is 0 Å². The lowest BCUT2D eigenvalue weighted by Crippen LogP contribution is -2.09. The first kappa shape index (κ1) is 17.1. The van der Waals surface area contributed by atoms with E-state index in [1.165, 1.54) is 0 Å². The Morgan fingerprint density at radius 2 is 1.52 bits per heavy atom. The predicted molar refractivity (Wildman–Crippen MR) is 112 cm³/mol. The largest absolute Gasteiger partial charge is 0.457 e. The normalized spacial score (nSPS) is 11.0. The SMILES string of the molecule is O=C(OCc1ccccc1)c1cccc2c3ccccc3n(-c3ncccn3)c12. The number of esters is 1. The Morgan fingerprint density at radius 1 is 0.793 bits per heavy atom. The minimum Gasteiger partial charge on any atom is -0.457 e. The Labute approximate surface area is 167 Å². The summed E-state index contributed by atoms with van der Waals surface area (Å²) in [5.41, 5.74) is 3.12. The lowest BCUT2D eigenvalue weighted by molar-refractivity contribution is 0.0475. The fourth-order valence-electron chi connectivity index (χ4n) is 3.60. The summed E-state index contributed by atoms with van der Waals surface area (Å²) in [7, 11) is 0. The highest BCUT2D eigenvalue weighted by atomic mass is 16.5. The van der Waals surface area contributed by atoms with E-state index in [4.69, 9.17) is 4.74 Å². The molecular formula is C24H17N3O2. The van der Waals surface area contributed by atoms with Gasteiger partial charge in [0, 0.05) is 23.2 Å². The number of para-hydroxylation sites is 2. The maximum absolute atomic E-state index is 13.0. The van der Waals surface area contributed by atoms with Crippen LogP contribution in [0.25, 0.3) is 27.8 Å². The second kappa shape index (κ2) is 7.20. The van der Waals surface area contributed by atoms with Crippen LogP contribution in [0.1, 0.15) is 15.9 Å². The highest BCUT2D eigenvalue weighted by molar-refractivity contribution is 6.15. The topological polar surface area (TPSA) is 57.0 Å². The van der Waals surface area contributed by atoms with E-state index in [0.717, 1.165) is 27.4 Å². The molecule has 140 valence electrons. The summed E-state index contributed by atoms with van der Waals surface area (Å²) < 4.78 is 7.54. The maximum atomic E-state index is 13.0. The van der Waals surface area contributed by atoms with Crippen molar-refractivity contribution in [2.24, 2.45) is 0 Å². The number of aromatic nitrogens is 3. The van der Waals surface area contributed by atoms with Crippen molar-refractivity contribution in [1.29, 1.82) is 0 Å². The summed E-state index contributed by atoms with van der Waals surface area (Å²) in [6, 6.07) is 25.1. The molecule has 5 heteroatoms. The van der Waals surface area contributed by atoms with Crippen LogP contribution in [0.5, 0.6) is 0 Å². The van der Waals surface area contributed by atoms with Crippen LogP contribution < -0.4 is 0 Å². The predicted octanol–water partition coefficient (Wildman–Crippen LogP) is 4.93. The molecule has 0 N–H and O–H groups in total. The van der Waals surface area contributed by atoms with Crippen molar-refractivity contribution >= 4 is 27.8 Å². The zero-order chi connectivity index (χ0) is 19.6. The number of hydrogen-bond acceptors (Lipinski definition) is 4. The number of fused-ring (bicyclic) bond motifs is 3. The Hall–Kier alpha value is -3.99. The molecule has 3 aromatic carbocycles. The summed E-state index contributed by atoms with van der Waals surface area (Å²) in [6.07, 6.45) is 3.39. The lowest BCUT2D eigenvalue weighted by Gasteiger charge is -2.09. The van der Waals surface area contributed by atoms with Crippen molar-refractivity contribution < 1.29 is 9.53 Å². The number of ether oxygens (including phenoxy) is 1. The van der Waals surface area contributed by atoms with Gasteiger partial charge in [-0.15, -0.1) is 0 Å². The minimum atomic E-state index is -0.376. The van der Waals surface area contributed by atoms with E-state index in [2.05, 4.69) is 9.97 Å². The first-order valence-electron chi connectivity index (χ1n) is 9.33. The molecule has 29 heavy (non-hydrogen) atoms. The van der Waals surface area contributed by atoms with Crippen molar-refractivity contribution in [2.75, 3.05) is 0 Å². The van der Waals surface area contributed by atoms with Gasteiger partial charge in [0.25, 0.3) is 0 Å². The number of hydrogen-bond donors (Lipinski definition) is 0. The average Bonchev–Trinajstić information content (AvgIpc) is 3.13. The first-order valence-corrected chi connectivity index (χ1v) is 9.33. The third-order valence-corrected chi connectivity index (χ3v) is 4.88. The molecule has 0 fully saturated rings. The minimum absolute atomic E-state index is 0.220. The van der Waals surface area contributed by atoms with E-state index in [0.29, 0.717) is 11.5 Å². The zero-order valence-electron chi connectivity index (χ0n) is 15.5. The Balaban J connectivity index is 1.68. The molecule has 5 aromatic rings. The van der Waals surface area contributed by atoms with Crippen molar-refractivity contribution in [3.05, 3.63) is 102 Å². The number of nitrogens with zero attached hydrogens (tertiary/aromatic N) is 3. The van der Waals surface area contributed by atoms with Gasteiger partial charge in [0.15, 0.2) is 0 Å². The molecule has 0 unspecified atom stereocenters. The molecule has 0 amide bonds. The Bertz CT molecular complexity index is 1310. The van der Waals surface area contributed by atoms with Gasteiger partial charge in [-0.25, -0.2) is 14.8 Å². The van der Waals surface area contributed by atoms with Crippen molar-refractivity contribution in [3.8, 4) is 5.95 Å². The van der Waals surface area contributed by atoms with E-state index >= 15 is 0 Å². The van der Waals surface area contributed by atoms with Crippen molar-refractivity contribution in [2.45, 2.75) is 6.61 Å². The van der Waals surface area contributed by atoms with Gasteiger partial charge in [-0.1, -0.05) is 60.7 Å². The summed E-state index contributed by atoms with van der Waals surface area (Å²) >= 11 is 0. The quantitative estimate of drug-likeness (QED) is 0.416. The van der Waals surface area contributed by atoms with Gasteiger partial charge in [-0.3, -0.25) is 4.57 Å². The highest BCUT2D eigenvalue weighted by Crippen LogP contribution is 2.33. The fourth-order valence-corrected chi connectivity index (χ4v) is 3.60. The molecule has 2 heterocycles. The van der Waals surface area contributed by atoms with Gasteiger partial charge in [0.2, 0.25) is 5.95 Å². The zero-order valence-corrected chi connectivity index (χ0v) is 15.5. The number of benzene rings is 3. The second-order valence-electron chi connectivity index (χ2n) is 6.66. The summed E-state index contributed by atoms with van der Waals surface area (Å²) in [6.45, 7) is 0.220. The molecule has 0 saturated heterocycles. The number of carbonyl (C=O) groups is 1. The third kappa shape index (κ3) is 3.02. The number of carbonyl (C=O) groups excluding carboxylic acids is 1. The van der Waals surface area contributed by atoms with Crippen LogP contribution in [-0.2, 0) is 11.3 Å². The smallest absolute Gasteiger partial charge is 0.340 e. The van der Waals surface area contributed by atoms with Crippen LogP contribution in [0, 0.1) is 0 Å². The molecule has 5 rings (SSSR count). The molecule has 0 spiro atoms. The van der Waals surface area contributed by atoms with E-state index in [1.54, 1.807) is 24.5 Å². The molecule has 0 aliphatic rings. The third-order valence-electron chi connectivity index (χ3n) is 4.88. The van der Waals surface area contributed by atoms with E-state index in [9.17, 15) is 4.79 Å². The van der Waals surface area contributed by atoms with Gasteiger partial charge in [-0.05, 0) is 23.8 Å². The molecule has 0 atom stereocenters.